The summed E-state index contributed by atoms with van der Waals surface area (Å²) in [4.78, 5) is 24.6. The molecule has 0 aliphatic heterocycles. The molecule has 1 atom stereocenters. The van der Waals surface area contributed by atoms with Gasteiger partial charge in [0.1, 0.15) is 11.8 Å². The molecule has 140 valence electrons. The Morgan fingerprint density at radius 3 is 2.81 bits per heavy atom. The Morgan fingerprint density at radius 1 is 1.30 bits per heavy atom. The number of carbonyl (C=O) groups is 2. The third kappa shape index (κ3) is 4.43. The number of hydrogen-bond acceptors (Lipinski definition) is 5. The highest BCUT2D eigenvalue weighted by Crippen LogP contribution is 2.17. The SMILES string of the molecule is Cc1c(C(=O)NC(C)C(=O)NCc2ccco2)nnn1-c1cccc(Br)c1. The Kier molecular flexibility index (Phi) is 5.70. The summed E-state index contributed by atoms with van der Waals surface area (Å²) in [6.07, 6.45) is 1.53. The lowest BCUT2D eigenvalue weighted by molar-refractivity contribution is -0.122. The van der Waals surface area contributed by atoms with E-state index in [-0.39, 0.29) is 18.1 Å². The summed E-state index contributed by atoms with van der Waals surface area (Å²) in [5, 5.41) is 13.3. The van der Waals surface area contributed by atoms with Crippen molar-refractivity contribution in [1.29, 1.82) is 0 Å². The maximum atomic E-state index is 12.5. The lowest BCUT2D eigenvalue weighted by Crippen LogP contribution is -2.44. The molecule has 3 rings (SSSR count). The van der Waals surface area contributed by atoms with Crippen molar-refractivity contribution in [3.8, 4) is 5.69 Å². The first-order valence-electron chi connectivity index (χ1n) is 8.25. The summed E-state index contributed by atoms with van der Waals surface area (Å²) >= 11 is 3.41. The molecular formula is C18H18BrN5O3. The van der Waals surface area contributed by atoms with Crippen LogP contribution in [-0.2, 0) is 11.3 Å². The molecule has 0 bridgehead atoms. The predicted molar refractivity (Wildman–Crippen MR) is 101 cm³/mol. The Morgan fingerprint density at radius 2 is 2.11 bits per heavy atom. The fourth-order valence-corrected chi connectivity index (χ4v) is 2.85. The highest BCUT2D eigenvalue weighted by molar-refractivity contribution is 9.10. The van der Waals surface area contributed by atoms with Crippen LogP contribution in [-0.4, -0.2) is 32.9 Å². The average Bonchev–Trinajstić information content (AvgIpc) is 3.29. The molecule has 27 heavy (non-hydrogen) atoms. The van der Waals surface area contributed by atoms with Crippen LogP contribution < -0.4 is 10.6 Å². The van der Waals surface area contributed by atoms with Gasteiger partial charge in [0.05, 0.1) is 24.2 Å². The van der Waals surface area contributed by atoms with Crippen LogP contribution in [0.4, 0.5) is 0 Å². The lowest BCUT2D eigenvalue weighted by Gasteiger charge is -2.13. The molecule has 0 saturated carbocycles. The van der Waals surface area contributed by atoms with E-state index in [0.29, 0.717) is 11.5 Å². The molecule has 2 N–H and O–H groups in total. The van der Waals surface area contributed by atoms with Crippen molar-refractivity contribution >= 4 is 27.7 Å². The van der Waals surface area contributed by atoms with Crippen LogP contribution in [0.25, 0.3) is 5.69 Å². The van der Waals surface area contributed by atoms with Crippen molar-refractivity contribution < 1.29 is 14.0 Å². The minimum atomic E-state index is -0.733. The van der Waals surface area contributed by atoms with Crippen LogP contribution in [0.5, 0.6) is 0 Å². The molecule has 2 heterocycles. The van der Waals surface area contributed by atoms with Gasteiger partial charge in [-0.3, -0.25) is 9.59 Å². The number of carbonyl (C=O) groups excluding carboxylic acids is 2. The number of furan rings is 1. The topological polar surface area (TPSA) is 102 Å². The second-order valence-corrected chi connectivity index (χ2v) is 6.82. The van der Waals surface area contributed by atoms with Gasteiger partial charge in [0.15, 0.2) is 5.69 Å². The lowest BCUT2D eigenvalue weighted by atomic mass is 10.2. The summed E-state index contributed by atoms with van der Waals surface area (Å²) in [7, 11) is 0. The van der Waals surface area contributed by atoms with Gasteiger partial charge in [-0.05, 0) is 44.2 Å². The minimum absolute atomic E-state index is 0.167. The number of nitrogens with one attached hydrogen (secondary N) is 2. The quantitative estimate of drug-likeness (QED) is 0.623. The van der Waals surface area contributed by atoms with Crippen molar-refractivity contribution in [2.75, 3.05) is 0 Å². The molecule has 0 aliphatic carbocycles. The Labute approximate surface area is 164 Å². The molecule has 3 aromatic rings. The molecule has 0 fully saturated rings. The van der Waals surface area contributed by atoms with E-state index in [4.69, 9.17) is 4.42 Å². The molecule has 0 saturated heterocycles. The van der Waals surface area contributed by atoms with Gasteiger partial charge in [0, 0.05) is 4.47 Å². The number of benzene rings is 1. The van der Waals surface area contributed by atoms with E-state index in [1.54, 1.807) is 30.7 Å². The van der Waals surface area contributed by atoms with Gasteiger partial charge in [0.2, 0.25) is 5.91 Å². The van der Waals surface area contributed by atoms with E-state index < -0.39 is 11.9 Å². The van der Waals surface area contributed by atoms with E-state index in [0.717, 1.165) is 10.2 Å². The summed E-state index contributed by atoms with van der Waals surface area (Å²) in [6, 6.07) is 10.3. The second-order valence-electron chi connectivity index (χ2n) is 5.91. The Bertz CT molecular complexity index is 952. The van der Waals surface area contributed by atoms with E-state index in [1.807, 2.05) is 24.3 Å². The molecule has 9 heteroatoms. The highest BCUT2D eigenvalue weighted by Gasteiger charge is 2.22. The predicted octanol–water partition coefficient (Wildman–Crippen LogP) is 2.37. The smallest absolute Gasteiger partial charge is 0.274 e. The fourth-order valence-electron chi connectivity index (χ4n) is 2.46. The number of rotatable bonds is 6. The first kappa shape index (κ1) is 18.8. The molecular weight excluding hydrogens is 414 g/mol. The van der Waals surface area contributed by atoms with Crippen LogP contribution in [0.2, 0.25) is 0 Å². The van der Waals surface area contributed by atoms with Gasteiger partial charge in [-0.2, -0.15) is 0 Å². The largest absolute Gasteiger partial charge is 0.467 e. The second kappa shape index (κ2) is 8.17. The first-order valence-corrected chi connectivity index (χ1v) is 9.04. The first-order chi connectivity index (χ1) is 13.0. The molecule has 0 radical (unpaired) electrons. The van der Waals surface area contributed by atoms with Gasteiger partial charge in [-0.1, -0.05) is 27.2 Å². The molecule has 2 aromatic heterocycles. The summed E-state index contributed by atoms with van der Waals surface area (Å²) in [5.41, 5.74) is 1.52. The summed E-state index contributed by atoms with van der Waals surface area (Å²) < 4.78 is 7.62. The Hall–Kier alpha value is -2.94. The third-order valence-corrected chi connectivity index (χ3v) is 4.41. The number of amides is 2. The molecule has 8 nitrogen and oxygen atoms in total. The van der Waals surface area contributed by atoms with Gasteiger partial charge in [0.25, 0.3) is 5.91 Å². The van der Waals surface area contributed by atoms with Gasteiger partial charge < -0.3 is 15.1 Å². The van der Waals surface area contributed by atoms with Crippen molar-refractivity contribution in [2.24, 2.45) is 0 Å². The van der Waals surface area contributed by atoms with Crippen LogP contribution in [0.1, 0.15) is 28.9 Å². The van der Waals surface area contributed by atoms with Crippen molar-refractivity contribution in [1.82, 2.24) is 25.6 Å². The van der Waals surface area contributed by atoms with Gasteiger partial charge in [-0.15, -0.1) is 5.10 Å². The zero-order chi connectivity index (χ0) is 19.4. The molecule has 0 spiro atoms. The Balaban J connectivity index is 1.64. The monoisotopic (exact) mass is 431 g/mol. The third-order valence-electron chi connectivity index (χ3n) is 3.92. The fraction of sp³-hybridized carbons (Fsp3) is 0.222. The number of aromatic nitrogens is 3. The van der Waals surface area contributed by atoms with Crippen LogP contribution in [0.3, 0.4) is 0 Å². The molecule has 1 aromatic carbocycles. The van der Waals surface area contributed by atoms with Crippen LogP contribution >= 0.6 is 15.9 Å². The van der Waals surface area contributed by atoms with Crippen LogP contribution in [0.15, 0.2) is 51.6 Å². The normalized spacial score (nSPS) is 11.8. The van der Waals surface area contributed by atoms with Gasteiger partial charge >= 0.3 is 0 Å². The summed E-state index contributed by atoms with van der Waals surface area (Å²) in [6.45, 7) is 3.60. The maximum absolute atomic E-state index is 12.5. The van der Waals surface area contributed by atoms with Crippen molar-refractivity contribution in [3.05, 3.63) is 64.3 Å². The van der Waals surface area contributed by atoms with Crippen molar-refractivity contribution in [3.63, 3.8) is 0 Å². The maximum Gasteiger partial charge on any atom is 0.274 e. The van der Waals surface area contributed by atoms with E-state index in [9.17, 15) is 9.59 Å². The summed E-state index contributed by atoms with van der Waals surface area (Å²) in [5.74, 6) is -0.152. The number of hydrogen-bond donors (Lipinski definition) is 2. The van der Waals surface area contributed by atoms with E-state index in [2.05, 4.69) is 36.9 Å². The zero-order valence-corrected chi connectivity index (χ0v) is 16.4. The molecule has 1 unspecified atom stereocenters. The minimum Gasteiger partial charge on any atom is -0.467 e. The van der Waals surface area contributed by atoms with Crippen LogP contribution in [0, 0.1) is 6.92 Å². The standard InChI is InChI=1S/C18H18BrN5O3/c1-11(17(25)20-10-15-7-4-8-27-15)21-18(26)16-12(2)24(23-22-16)14-6-3-5-13(19)9-14/h3-9,11H,10H2,1-2H3,(H,20,25)(H,21,26). The average molecular weight is 432 g/mol. The zero-order valence-electron chi connectivity index (χ0n) is 14.8. The highest BCUT2D eigenvalue weighted by atomic mass is 79.9. The van der Waals surface area contributed by atoms with E-state index in [1.165, 1.54) is 6.26 Å². The van der Waals surface area contributed by atoms with Crippen molar-refractivity contribution in [2.45, 2.75) is 26.4 Å². The van der Waals surface area contributed by atoms with E-state index >= 15 is 0 Å². The van der Waals surface area contributed by atoms with Gasteiger partial charge in [-0.25, -0.2) is 4.68 Å². The number of nitrogens with zero attached hydrogens (tertiary/aromatic N) is 3. The molecule has 0 aliphatic rings. The molecule has 2 amide bonds. The number of halogens is 1.